The molecule has 0 unspecified atom stereocenters. The van der Waals surface area contributed by atoms with Gasteiger partial charge >= 0.3 is 0 Å². The second-order valence-electron chi connectivity index (χ2n) is 7.83. The van der Waals surface area contributed by atoms with Crippen LogP contribution >= 0.6 is 0 Å². The lowest BCUT2D eigenvalue weighted by molar-refractivity contribution is -0.985. The molecular weight excluding hydrogens is 254 g/mol. The van der Waals surface area contributed by atoms with E-state index in [0.717, 1.165) is 18.1 Å². The van der Waals surface area contributed by atoms with E-state index in [-0.39, 0.29) is 0 Å². The van der Waals surface area contributed by atoms with Crippen molar-refractivity contribution in [2.45, 2.75) is 124 Å². The topological polar surface area (TPSA) is 0 Å². The quantitative estimate of drug-likeness (QED) is 0.267. The maximum Gasteiger partial charge on any atom is 0.0837 e. The summed E-state index contributed by atoms with van der Waals surface area (Å²) in [7, 11) is 0. The van der Waals surface area contributed by atoms with Crippen LogP contribution in [0.1, 0.15) is 106 Å². The Kier molecular flexibility index (Phi) is 11.5. The fraction of sp³-hybridized carbons (Fsp3) is 1.00. The summed E-state index contributed by atoms with van der Waals surface area (Å²) in [4.78, 5) is 0. The maximum absolute atomic E-state index is 2.41. The van der Waals surface area contributed by atoms with Crippen molar-refractivity contribution >= 4 is 0 Å². The standard InChI is InChI=1S/C20H44N/c1-8-9-10-11-12-13-14-15-16-17-21(18(2)3,19(4)5)20(6)7/h18-20H,8-17H2,1-7H3/q+1. The van der Waals surface area contributed by atoms with Crippen molar-refractivity contribution in [3.8, 4) is 0 Å². The van der Waals surface area contributed by atoms with Crippen LogP contribution in [0.15, 0.2) is 0 Å². The average molecular weight is 299 g/mol. The third-order valence-electron chi connectivity index (χ3n) is 5.53. The highest BCUT2D eigenvalue weighted by atomic mass is 15.4. The summed E-state index contributed by atoms with van der Waals surface area (Å²) in [5.41, 5.74) is 0. The molecule has 0 rings (SSSR count). The first-order valence-corrected chi connectivity index (χ1v) is 9.76. The third-order valence-corrected chi connectivity index (χ3v) is 5.53. The van der Waals surface area contributed by atoms with E-state index in [1.54, 1.807) is 0 Å². The zero-order chi connectivity index (χ0) is 16.3. The molecule has 128 valence electrons. The van der Waals surface area contributed by atoms with E-state index >= 15 is 0 Å². The van der Waals surface area contributed by atoms with Crippen LogP contribution in [0.25, 0.3) is 0 Å². The zero-order valence-electron chi connectivity index (χ0n) is 16.3. The first-order chi connectivity index (χ1) is 9.89. The SMILES string of the molecule is CCCCCCCCCCC[N+](C(C)C)(C(C)C)C(C)C. The van der Waals surface area contributed by atoms with Gasteiger partial charge in [0.05, 0.1) is 24.7 Å². The minimum atomic E-state index is 0.735. The van der Waals surface area contributed by atoms with Gasteiger partial charge in [-0.3, -0.25) is 0 Å². The van der Waals surface area contributed by atoms with Gasteiger partial charge in [0.15, 0.2) is 0 Å². The molecule has 0 aromatic carbocycles. The van der Waals surface area contributed by atoms with Crippen molar-refractivity contribution in [3.63, 3.8) is 0 Å². The molecule has 0 aromatic heterocycles. The largest absolute Gasteiger partial charge is 0.318 e. The van der Waals surface area contributed by atoms with E-state index in [1.807, 2.05) is 0 Å². The van der Waals surface area contributed by atoms with Crippen molar-refractivity contribution in [1.29, 1.82) is 0 Å². The summed E-state index contributed by atoms with van der Waals surface area (Å²) in [5.74, 6) is 0. The van der Waals surface area contributed by atoms with Crippen molar-refractivity contribution in [2.24, 2.45) is 0 Å². The minimum absolute atomic E-state index is 0.735. The zero-order valence-corrected chi connectivity index (χ0v) is 16.3. The Morgan fingerprint density at radius 2 is 0.857 bits per heavy atom. The van der Waals surface area contributed by atoms with Crippen molar-refractivity contribution in [3.05, 3.63) is 0 Å². The Balaban J connectivity index is 3.95. The molecule has 21 heavy (non-hydrogen) atoms. The molecule has 0 aliphatic rings. The van der Waals surface area contributed by atoms with Crippen LogP contribution in [0.4, 0.5) is 0 Å². The Morgan fingerprint density at radius 3 is 1.19 bits per heavy atom. The van der Waals surface area contributed by atoms with Crippen LogP contribution in [-0.2, 0) is 0 Å². The highest BCUT2D eigenvalue weighted by Crippen LogP contribution is 2.25. The summed E-state index contributed by atoms with van der Waals surface area (Å²) in [6.45, 7) is 18.1. The average Bonchev–Trinajstić information content (AvgIpc) is 2.39. The highest BCUT2D eigenvalue weighted by Gasteiger charge is 2.37. The van der Waals surface area contributed by atoms with Gasteiger partial charge in [-0.25, -0.2) is 0 Å². The van der Waals surface area contributed by atoms with Gasteiger partial charge in [-0.2, -0.15) is 0 Å². The molecule has 0 radical (unpaired) electrons. The summed E-state index contributed by atoms with van der Waals surface area (Å²) in [5, 5.41) is 0. The molecule has 0 aliphatic heterocycles. The second kappa shape index (κ2) is 11.5. The molecule has 1 heteroatoms. The summed E-state index contributed by atoms with van der Waals surface area (Å²) < 4.78 is 1.29. The molecule has 0 spiro atoms. The van der Waals surface area contributed by atoms with Gasteiger partial charge in [0.25, 0.3) is 0 Å². The molecule has 0 atom stereocenters. The fourth-order valence-electron chi connectivity index (χ4n) is 4.26. The molecule has 0 aromatic rings. The number of rotatable bonds is 13. The van der Waals surface area contributed by atoms with E-state index in [4.69, 9.17) is 0 Å². The van der Waals surface area contributed by atoms with Gasteiger partial charge in [-0.15, -0.1) is 0 Å². The van der Waals surface area contributed by atoms with Crippen LogP contribution in [0.2, 0.25) is 0 Å². The predicted molar refractivity (Wildman–Crippen MR) is 97.8 cm³/mol. The van der Waals surface area contributed by atoms with E-state index < -0.39 is 0 Å². The fourth-order valence-corrected chi connectivity index (χ4v) is 4.26. The van der Waals surface area contributed by atoms with Gasteiger partial charge in [0, 0.05) is 0 Å². The lowest BCUT2D eigenvalue weighted by Gasteiger charge is -2.49. The molecule has 0 N–H and O–H groups in total. The van der Waals surface area contributed by atoms with Crippen molar-refractivity contribution < 1.29 is 4.48 Å². The predicted octanol–water partition coefficient (Wildman–Crippen LogP) is 6.56. The van der Waals surface area contributed by atoms with Crippen molar-refractivity contribution in [1.82, 2.24) is 0 Å². The first kappa shape index (κ1) is 21.0. The Labute approximate surface area is 136 Å². The molecule has 0 bridgehead atoms. The van der Waals surface area contributed by atoms with Gasteiger partial charge < -0.3 is 4.48 Å². The minimum Gasteiger partial charge on any atom is -0.318 e. The molecular formula is C20H44N+. The lowest BCUT2D eigenvalue weighted by Crippen LogP contribution is -2.62. The van der Waals surface area contributed by atoms with Crippen LogP contribution in [0.5, 0.6) is 0 Å². The van der Waals surface area contributed by atoms with Crippen LogP contribution in [0.3, 0.4) is 0 Å². The number of nitrogens with zero attached hydrogens (tertiary/aromatic N) is 1. The van der Waals surface area contributed by atoms with Crippen molar-refractivity contribution in [2.75, 3.05) is 6.54 Å². The van der Waals surface area contributed by atoms with Crippen LogP contribution in [0, 0.1) is 0 Å². The van der Waals surface area contributed by atoms with Crippen LogP contribution in [-0.4, -0.2) is 29.2 Å². The first-order valence-electron chi connectivity index (χ1n) is 9.76. The third kappa shape index (κ3) is 7.17. The molecule has 1 nitrogen and oxygen atoms in total. The number of hydrogen-bond donors (Lipinski definition) is 0. The second-order valence-corrected chi connectivity index (χ2v) is 7.83. The van der Waals surface area contributed by atoms with Crippen LogP contribution < -0.4 is 0 Å². The highest BCUT2D eigenvalue weighted by molar-refractivity contribution is 4.59. The summed E-state index contributed by atoms with van der Waals surface area (Å²) >= 11 is 0. The maximum atomic E-state index is 2.41. The Hall–Kier alpha value is -0.0400. The molecule has 0 saturated heterocycles. The van der Waals surface area contributed by atoms with Gasteiger partial charge in [0.1, 0.15) is 0 Å². The Morgan fingerprint density at radius 1 is 0.524 bits per heavy atom. The van der Waals surface area contributed by atoms with E-state index in [0.29, 0.717) is 0 Å². The molecule has 0 amide bonds. The van der Waals surface area contributed by atoms with E-state index in [1.165, 1.54) is 68.8 Å². The molecule has 0 fully saturated rings. The van der Waals surface area contributed by atoms with E-state index in [2.05, 4.69) is 48.5 Å². The normalized spacial score (nSPS) is 12.9. The van der Waals surface area contributed by atoms with Gasteiger partial charge in [-0.1, -0.05) is 51.9 Å². The van der Waals surface area contributed by atoms with Gasteiger partial charge in [0.2, 0.25) is 0 Å². The molecule has 0 aliphatic carbocycles. The number of hydrogen-bond acceptors (Lipinski definition) is 0. The number of unbranched alkanes of at least 4 members (excludes halogenated alkanes) is 8. The monoisotopic (exact) mass is 298 g/mol. The summed E-state index contributed by atoms with van der Waals surface area (Å²) in [6.07, 6.45) is 12.9. The van der Waals surface area contributed by atoms with Gasteiger partial charge in [-0.05, 0) is 54.4 Å². The lowest BCUT2D eigenvalue weighted by atomic mass is 10.0. The smallest absolute Gasteiger partial charge is 0.0837 e. The summed E-state index contributed by atoms with van der Waals surface area (Å²) in [6, 6.07) is 2.21. The molecule has 0 heterocycles. The Bertz CT molecular complexity index is 208. The molecule has 0 saturated carbocycles. The number of quaternary nitrogens is 1. The van der Waals surface area contributed by atoms with E-state index in [9.17, 15) is 0 Å².